The van der Waals surface area contributed by atoms with Crippen molar-refractivity contribution >= 4 is 22.8 Å². The fourth-order valence-corrected chi connectivity index (χ4v) is 1.80. The Hall–Kier alpha value is -2.11. The Morgan fingerprint density at radius 1 is 1.50 bits per heavy atom. The molecule has 0 spiro atoms. The Balaban J connectivity index is 2.27. The van der Waals surface area contributed by atoms with Gasteiger partial charge < -0.3 is 14.2 Å². The van der Waals surface area contributed by atoms with Gasteiger partial charge in [-0.1, -0.05) is 0 Å². The lowest BCUT2D eigenvalue weighted by atomic mass is 10.3. The fraction of sp³-hybridized carbons (Fsp3) is 0.417. The van der Waals surface area contributed by atoms with E-state index in [-0.39, 0.29) is 12.5 Å². The number of aryl methyl sites for hydroxylation is 1. The van der Waals surface area contributed by atoms with E-state index in [0.29, 0.717) is 12.4 Å². The average molecular weight is 248 g/mol. The average Bonchev–Trinajstić information content (AvgIpc) is 2.71. The van der Waals surface area contributed by atoms with E-state index in [9.17, 15) is 4.79 Å². The predicted octanol–water partition coefficient (Wildman–Crippen LogP) is 0.968. The molecule has 0 aliphatic carbocycles. The summed E-state index contributed by atoms with van der Waals surface area (Å²) in [6, 6.07) is 1.89. The minimum Gasteiger partial charge on any atom is -0.465 e. The molecular weight excluding hydrogens is 232 g/mol. The van der Waals surface area contributed by atoms with Crippen LogP contribution in [0.25, 0.3) is 11.0 Å². The van der Waals surface area contributed by atoms with Crippen molar-refractivity contribution < 1.29 is 9.53 Å². The summed E-state index contributed by atoms with van der Waals surface area (Å²) in [6.07, 6.45) is 3.44. The fourth-order valence-electron chi connectivity index (χ4n) is 1.80. The standard InChI is InChI=1S/C12H16N4O2/c1-4-18-10(17)7-15(2)12-11-9(5-6-13-12)16(3)8-14-11/h5-6,8H,4,7H2,1-3H3. The van der Waals surface area contributed by atoms with Crippen LogP contribution in [0, 0.1) is 0 Å². The van der Waals surface area contributed by atoms with Crippen LogP contribution in [-0.4, -0.2) is 40.7 Å². The first kappa shape index (κ1) is 12.3. The van der Waals surface area contributed by atoms with E-state index >= 15 is 0 Å². The Labute approximate surface area is 105 Å². The van der Waals surface area contributed by atoms with E-state index in [4.69, 9.17) is 4.74 Å². The molecule has 0 atom stereocenters. The second kappa shape index (κ2) is 5.03. The van der Waals surface area contributed by atoms with Crippen molar-refractivity contribution in [1.82, 2.24) is 14.5 Å². The minimum atomic E-state index is -0.269. The zero-order chi connectivity index (χ0) is 13.1. The summed E-state index contributed by atoms with van der Waals surface area (Å²) in [6.45, 7) is 2.33. The molecule has 0 radical (unpaired) electrons. The number of carbonyl (C=O) groups is 1. The zero-order valence-electron chi connectivity index (χ0n) is 10.8. The maximum absolute atomic E-state index is 11.5. The third-order valence-corrected chi connectivity index (χ3v) is 2.66. The zero-order valence-corrected chi connectivity index (χ0v) is 10.8. The number of anilines is 1. The van der Waals surface area contributed by atoms with Gasteiger partial charge in [-0.3, -0.25) is 4.79 Å². The largest absolute Gasteiger partial charge is 0.465 e. The van der Waals surface area contributed by atoms with Crippen LogP contribution in [0.15, 0.2) is 18.6 Å². The van der Waals surface area contributed by atoms with Gasteiger partial charge in [0.1, 0.15) is 12.1 Å². The summed E-state index contributed by atoms with van der Waals surface area (Å²) < 4.78 is 6.83. The molecule has 0 amide bonds. The topological polar surface area (TPSA) is 60.2 Å². The van der Waals surface area contributed by atoms with E-state index in [1.165, 1.54) is 0 Å². The molecule has 2 rings (SSSR count). The molecule has 2 aromatic heterocycles. The van der Waals surface area contributed by atoms with Gasteiger partial charge in [-0.25, -0.2) is 9.97 Å². The van der Waals surface area contributed by atoms with E-state index in [0.717, 1.165) is 11.0 Å². The lowest BCUT2D eigenvalue weighted by Crippen LogP contribution is -2.28. The quantitative estimate of drug-likeness (QED) is 0.754. The molecule has 0 aromatic carbocycles. The maximum atomic E-state index is 11.5. The third kappa shape index (κ3) is 2.27. The molecule has 2 aromatic rings. The molecule has 0 aliphatic rings. The van der Waals surface area contributed by atoms with E-state index in [1.807, 2.05) is 17.7 Å². The van der Waals surface area contributed by atoms with Crippen LogP contribution in [-0.2, 0) is 16.6 Å². The smallest absolute Gasteiger partial charge is 0.325 e. The number of fused-ring (bicyclic) bond motifs is 1. The summed E-state index contributed by atoms with van der Waals surface area (Å²) in [7, 11) is 3.72. The van der Waals surface area contributed by atoms with Gasteiger partial charge in [0.15, 0.2) is 5.82 Å². The van der Waals surface area contributed by atoms with Crippen LogP contribution in [0.3, 0.4) is 0 Å². The summed E-state index contributed by atoms with van der Waals surface area (Å²) >= 11 is 0. The summed E-state index contributed by atoms with van der Waals surface area (Å²) in [5.74, 6) is 0.413. The van der Waals surface area contributed by atoms with Crippen LogP contribution in [0.1, 0.15) is 6.92 Å². The Morgan fingerprint density at radius 3 is 3.00 bits per heavy atom. The van der Waals surface area contributed by atoms with Crippen LogP contribution >= 0.6 is 0 Å². The molecule has 6 heteroatoms. The highest BCUT2D eigenvalue weighted by molar-refractivity contribution is 5.88. The van der Waals surface area contributed by atoms with Crippen molar-refractivity contribution in [1.29, 1.82) is 0 Å². The molecule has 6 nitrogen and oxygen atoms in total. The third-order valence-electron chi connectivity index (χ3n) is 2.66. The first-order valence-electron chi connectivity index (χ1n) is 5.76. The van der Waals surface area contributed by atoms with Gasteiger partial charge in [-0.15, -0.1) is 0 Å². The number of nitrogens with zero attached hydrogens (tertiary/aromatic N) is 4. The molecule has 2 heterocycles. The number of hydrogen-bond donors (Lipinski definition) is 0. The van der Waals surface area contributed by atoms with Crippen molar-refractivity contribution in [3.05, 3.63) is 18.6 Å². The van der Waals surface area contributed by atoms with E-state index < -0.39 is 0 Å². The molecule has 0 fully saturated rings. The van der Waals surface area contributed by atoms with Crippen LogP contribution < -0.4 is 4.90 Å². The Kier molecular flexibility index (Phi) is 3.45. The second-order valence-electron chi connectivity index (χ2n) is 4.02. The van der Waals surface area contributed by atoms with Gasteiger partial charge in [0, 0.05) is 20.3 Å². The van der Waals surface area contributed by atoms with Crippen molar-refractivity contribution in [3.63, 3.8) is 0 Å². The Bertz CT molecular complexity index is 564. The van der Waals surface area contributed by atoms with Gasteiger partial charge in [-0.2, -0.15) is 0 Å². The number of aromatic nitrogens is 3. The van der Waals surface area contributed by atoms with E-state index in [1.54, 1.807) is 31.4 Å². The molecule has 0 saturated carbocycles. The number of imidazole rings is 1. The van der Waals surface area contributed by atoms with Crippen molar-refractivity contribution in [2.24, 2.45) is 7.05 Å². The molecule has 0 N–H and O–H groups in total. The molecule has 18 heavy (non-hydrogen) atoms. The molecule has 0 aliphatic heterocycles. The minimum absolute atomic E-state index is 0.163. The van der Waals surface area contributed by atoms with Gasteiger partial charge >= 0.3 is 5.97 Å². The summed E-state index contributed by atoms with van der Waals surface area (Å²) in [4.78, 5) is 21.8. The van der Waals surface area contributed by atoms with Crippen molar-refractivity contribution in [2.75, 3.05) is 25.1 Å². The number of likely N-dealkylation sites (N-methyl/N-ethyl adjacent to an activating group) is 1. The summed E-state index contributed by atoms with van der Waals surface area (Å²) in [5, 5.41) is 0. The molecule has 0 unspecified atom stereocenters. The van der Waals surface area contributed by atoms with E-state index in [2.05, 4.69) is 9.97 Å². The van der Waals surface area contributed by atoms with Crippen LogP contribution in [0.5, 0.6) is 0 Å². The highest BCUT2D eigenvalue weighted by atomic mass is 16.5. The van der Waals surface area contributed by atoms with Gasteiger partial charge in [0.2, 0.25) is 0 Å². The SMILES string of the molecule is CCOC(=O)CN(C)c1nccc2c1ncn2C. The van der Waals surface area contributed by atoms with Crippen molar-refractivity contribution in [2.45, 2.75) is 6.92 Å². The first-order valence-corrected chi connectivity index (χ1v) is 5.76. The predicted molar refractivity (Wildman–Crippen MR) is 68.4 cm³/mol. The molecular formula is C12H16N4O2. The van der Waals surface area contributed by atoms with Crippen LogP contribution in [0.4, 0.5) is 5.82 Å². The lowest BCUT2D eigenvalue weighted by molar-refractivity contribution is -0.141. The number of hydrogen-bond acceptors (Lipinski definition) is 5. The van der Waals surface area contributed by atoms with Crippen LogP contribution in [0.2, 0.25) is 0 Å². The number of carbonyl (C=O) groups excluding carboxylic acids is 1. The number of esters is 1. The Morgan fingerprint density at radius 2 is 2.28 bits per heavy atom. The first-order chi connectivity index (χ1) is 8.63. The maximum Gasteiger partial charge on any atom is 0.325 e. The second-order valence-corrected chi connectivity index (χ2v) is 4.02. The highest BCUT2D eigenvalue weighted by Crippen LogP contribution is 2.21. The highest BCUT2D eigenvalue weighted by Gasteiger charge is 2.14. The monoisotopic (exact) mass is 248 g/mol. The van der Waals surface area contributed by atoms with Gasteiger partial charge in [-0.05, 0) is 13.0 Å². The number of rotatable bonds is 4. The van der Waals surface area contributed by atoms with Gasteiger partial charge in [0.05, 0.1) is 18.5 Å². The molecule has 96 valence electrons. The number of ether oxygens (including phenoxy) is 1. The van der Waals surface area contributed by atoms with Crippen molar-refractivity contribution in [3.8, 4) is 0 Å². The molecule has 0 saturated heterocycles. The molecule has 0 bridgehead atoms. The normalized spacial score (nSPS) is 10.6. The number of pyridine rings is 1. The van der Waals surface area contributed by atoms with Gasteiger partial charge in [0.25, 0.3) is 0 Å². The lowest BCUT2D eigenvalue weighted by Gasteiger charge is -2.17. The summed E-state index contributed by atoms with van der Waals surface area (Å²) in [5.41, 5.74) is 1.77.